The van der Waals surface area contributed by atoms with Crippen molar-refractivity contribution in [2.45, 2.75) is 45.1 Å². The number of aromatic hydroxyl groups is 1. The van der Waals surface area contributed by atoms with E-state index in [9.17, 15) is 24.3 Å². The lowest BCUT2D eigenvalue weighted by molar-refractivity contribution is -0.136. The zero-order chi connectivity index (χ0) is 49.1. The number of imide groups is 2. The van der Waals surface area contributed by atoms with Crippen LogP contribution in [0.2, 0.25) is 0 Å². The summed E-state index contributed by atoms with van der Waals surface area (Å²) in [6, 6.07) is 23.9. The Labute approximate surface area is 359 Å². The Morgan fingerprint density at radius 2 is 1.48 bits per heavy atom. The van der Waals surface area contributed by atoms with Crippen LogP contribution in [0.25, 0.3) is 11.1 Å². The van der Waals surface area contributed by atoms with Crippen molar-refractivity contribution in [2.24, 2.45) is 5.92 Å². The quantitative estimate of drug-likeness (QED) is 0.124. The van der Waals surface area contributed by atoms with E-state index in [0.29, 0.717) is 60.7 Å². The Kier molecular flexibility index (Phi) is 9.44. The topological polar surface area (TPSA) is 123 Å². The monoisotopic (exact) mass is 825 g/mol. The number of piperidine rings is 2. The number of nitrogens with zero attached hydrogens (tertiary/aromatic N) is 4. The summed E-state index contributed by atoms with van der Waals surface area (Å²) in [6.45, 7) is -10.6. The maximum absolute atomic E-state index is 16.1. The molecule has 0 aliphatic carbocycles. The molecule has 4 heterocycles. The molecule has 312 valence electrons. The average molecular weight is 826 g/mol. The number of piperazine rings is 1. The van der Waals surface area contributed by atoms with Crippen molar-refractivity contribution in [1.29, 1.82) is 0 Å². The van der Waals surface area contributed by atoms with Gasteiger partial charge in [-0.05, 0) is 103 Å². The number of phenolic OH excluding ortho intramolecular Hbond substituents is 1. The van der Waals surface area contributed by atoms with Crippen LogP contribution in [0.4, 0.5) is 14.5 Å². The number of likely N-dealkylation sites (tertiary alicyclic amines) is 1. The molecule has 11 nitrogen and oxygen atoms in total. The summed E-state index contributed by atoms with van der Waals surface area (Å²) in [4.78, 5) is 53.8. The number of allylic oxidation sites excluding steroid dienone is 1. The zero-order valence-electron chi connectivity index (χ0n) is 40.8. The number of amides is 4. The highest BCUT2D eigenvalue weighted by atomic mass is 19.2. The predicted molar refractivity (Wildman–Crippen MR) is 224 cm³/mol. The molecule has 8 rings (SSSR count). The van der Waals surface area contributed by atoms with Crippen molar-refractivity contribution in [2.75, 3.05) is 63.7 Å². The van der Waals surface area contributed by atoms with Gasteiger partial charge in [-0.1, -0.05) is 61.5 Å². The molecule has 0 radical (unpaired) electrons. The van der Waals surface area contributed by atoms with E-state index in [1.165, 1.54) is 0 Å². The third-order valence-corrected chi connectivity index (χ3v) is 11.3. The molecule has 4 aromatic carbocycles. The van der Waals surface area contributed by atoms with Crippen LogP contribution in [-0.4, -0.2) is 108 Å². The number of fused-ring (bicyclic) bond motifs is 1. The number of carbonyl (C=O) groups excluding carboxylic acids is 4. The van der Waals surface area contributed by atoms with Crippen LogP contribution in [0.1, 0.15) is 87.4 Å². The van der Waals surface area contributed by atoms with Crippen LogP contribution in [0.5, 0.6) is 11.5 Å². The van der Waals surface area contributed by atoms with E-state index in [-0.39, 0.29) is 23.5 Å². The molecule has 4 aromatic rings. The lowest BCUT2D eigenvalue weighted by Crippen LogP contribution is -2.54. The van der Waals surface area contributed by atoms with Crippen molar-refractivity contribution in [1.82, 2.24) is 20.0 Å². The third kappa shape index (κ3) is 8.41. The fraction of sp³-hybridized carbons (Fsp3) is 0.362. The molecule has 4 aliphatic rings. The van der Waals surface area contributed by atoms with Crippen LogP contribution in [0.3, 0.4) is 0 Å². The molecule has 0 bridgehead atoms. The SMILES string of the molecule is [2H]C1([2H])N(CC2CCN(CCOc3ccc(C(=C(CC)c4ccccc4)c4ccc(O)cc4)cc3)CC2)C([2H])([2H])C([2H])([2H])N(c2cc3c(c(F)c2F)C(=O)N(C2CCC(=O)NC2=O)C3=O)C1([2H])[2H]. The molecule has 13 heteroatoms. The van der Waals surface area contributed by atoms with Crippen LogP contribution in [0.15, 0.2) is 84.9 Å². The van der Waals surface area contributed by atoms with E-state index in [1.807, 2.05) is 59.9 Å². The Morgan fingerprint density at radius 3 is 2.13 bits per heavy atom. The Morgan fingerprint density at radius 1 is 0.817 bits per heavy atom. The van der Waals surface area contributed by atoms with E-state index in [2.05, 4.69) is 24.0 Å². The minimum Gasteiger partial charge on any atom is -0.508 e. The van der Waals surface area contributed by atoms with Crippen molar-refractivity contribution in [3.63, 3.8) is 0 Å². The largest absolute Gasteiger partial charge is 0.508 e. The van der Waals surface area contributed by atoms with Gasteiger partial charge in [0.1, 0.15) is 24.1 Å². The van der Waals surface area contributed by atoms with Gasteiger partial charge in [-0.15, -0.1) is 0 Å². The first kappa shape index (κ1) is 31.9. The predicted octanol–water partition coefficient (Wildman–Crippen LogP) is 6.35. The van der Waals surface area contributed by atoms with E-state index in [0.717, 1.165) is 34.3 Å². The van der Waals surface area contributed by atoms with Crippen molar-refractivity contribution >= 4 is 40.5 Å². The molecule has 1 unspecified atom stereocenters. The summed E-state index contributed by atoms with van der Waals surface area (Å²) in [6.07, 6.45) is 0.993. The maximum atomic E-state index is 16.1. The standard InChI is InChI=1S/C47H49F2N5O6/c1-2-36(31-6-4-3-5-7-31)41(32-8-12-34(55)13-9-32)33-10-14-35(15-11-33)60-27-26-51-20-18-30(19-21-51)29-52-22-24-53(25-23-52)39-28-37-42(44(49)43(39)48)47(59)54(46(37)58)38-16-17-40(56)50-45(38)57/h3-15,28,30,38,55H,2,16-27,29H2,1H3,(H,50,56,57)/i22D2,23D2,24D2,25D2. The Bertz CT molecular complexity index is 2640. The summed E-state index contributed by atoms with van der Waals surface area (Å²) in [7, 11) is 0. The molecule has 2 N–H and O–H groups in total. The normalized spacial score (nSPS) is 25.0. The van der Waals surface area contributed by atoms with Gasteiger partial charge in [0.25, 0.3) is 11.8 Å². The van der Waals surface area contributed by atoms with Gasteiger partial charge in [-0.2, -0.15) is 0 Å². The van der Waals surface area contributed by atoms with Gasteiger partial charge in [-0.25, -0.2) is 8.78 Å². The first-order chi connectivity index (χ1) is 32.1. The highest BCUT2D eigenvalue weighted by molar-refractivity contribution is 6.24. The molecule has 0 aromatic heterocycles. The highest BCUT2D eigenvalue weighted by Crippen LogP contribution is 2.37. The third-order valence-electron chi connectivity index (χ3n) is 11.3. The number of ether oxygens (including phenoxy) is 1. The zero-order valence-corrected chi connectivity index (χ0v) is 32.8. The van der Waals surface area contributed by atoms with Gasteiger partial charge in [0.2, 0.25) is 11.8 Å². The second-order valence-corrected chi connectivity index (χ2v) is 15.1. The summed E-state index contributed by atoms with van der Waals surface area (Å²) in [5, 5.41) is 11.9. The molecular weight excluding hydrogens is 769 g/mol. The molecule has 3 saturated heterocycles. The van der Waals surface area contributed by atoms with Gasteiger partial charge in [0.15, 0.2) is 11.6 Å². The van der Waals surface area contributed by atoms with Crippen LogP contribution in [0, 0.1) is 17.6 Å². The number of halogens is 2. The average Bonchev–Trinajstić information content (AvgIpc) is 3.54. The summed E-state index contributed by atoms with van der Waals surface area (Å²) in [5.41, 5.74) is 1.83. The lowest BCUT2D eigenvalue weighted by atomic mass is 9.88. The van der Waals surface area contributed by atoms with Crippen LogP contribution >= 0.6 is 0 Å². The van der Waals surface area contributed by atoms with Crippen molar-refractivity contribution < 1.29 is 48.8 Å². The van der Waals surface area contributed by atoms with Crippen LogP contribution < -0.4 is 15.0 Å². The molecule has 0 spiro atoms. The van der Waals surface area contributed by atoms with E-state index in [1.54, 1.807) is 12.1 Å². The molecular formula is C47H49F2N5O6. The number of anilines is 1. The number of nitrogens with one attached hydrogen (secondary N) is 1. The molecule has 3 fully saturated rings. The van der Waals surface area contributed by atoms with Crippen molar-refractivity contribution in [3.8, 4) is 11.5 Å². The fourth-order valence-electron chi connectivity index (χ4n) is 8.16. The van der Waals surface area contributed by atoms with E-state index < -0.39 is 96.6 Å². The first-order valence-electron chi connectivity index (χ1n) is 24.0. The molecule has 4 amide bonds. The Hall–Kier alpha value is -5.92. The summed E-state index contributed by atoms with van der Waals surface area (Å²) >= 11 is 0. The van der Waals surface area contributed by atoms with Gasteiger partial charge in [0.05, 0.1) is 22.3 Å². The highest BCUT2D eigenvalue weighted by Gasteiger charge is 2.47. The second kappa shape index (κ2) is 17.7. The Balaban J connectivity index is 0.927. The van der Waals surface area contributed by atoms with Crippen molar-refractivity contribution in [3.05, 3.63) is 124 Å². The number of rotatable bonds is 12. The van der Waals surface area contributed by atoms with Gasteiger partial charge < -0.3 is 14.7 Å². The minimum absolute atomic E-state index is 0.172. The minimum atomic E-state index is -3.63. The number of hydrogen-bond acceptors (Lipinski definition) is 9. The van der Waals surface area contributed by atoms with Gasteiger partial charge in [0, 0.05) is 51.0 Å². The smallest absolute Gasteiger partial charge is 0.265 e. The summed E-state index contributed by atoms with van der Waals surface area (Å²) < 4.78 is 110. The maximum Gasteiger partial charge on any atom is 0.265 e. The number of carbonyl (C=O) groups is 4. The first-order valence-corrected chi connectivity index (χ1v) is 20.0. The number of benzene rings is 4. The molecule has 1 atom stereocenters. The van der Waals surface area contributed by atoms with Crippen LogP contribution in [-0.2, 0) is 9.59 Å². The molecule has 60 heavy (non-hydrogen) atoms. The number of hydrogen-bond donors (Lipinski definition) is 2. The van der Waals surface area contributed by atoms with Gasteiger partial charge in [-0.3, -0.25) is 39.2 Å². The van der Waals surface area contributed by atoms with E-state index in [4.69, 9.17) is 15.7 Å². The molecule has 0 saturated carbocycles. The second-order valence-electron chi connectivity index (χ2n) is 15.1. The lowest BCUT2D eigenvalue weighted by Gasteiger charge is -2.39. The fourth-order valence-corrected chi connectivity index (χ4v) is 8.16. The van der Waals surface area contributed by atoms with E-state index >= 15 is 8.78 Å². The molecule has 4 aliphatic heterocycles. The summed E-state index contributed by atoms with van der Waals surface area (Å²) in [5.74, 6) is -8.13. The number of phenols is 1. The van der Waals surface area contributed by atoms with Gasteiger partial charge >= 0.3 is 0 Å².